The Morgan fingerprint density at radius 3 is 2.76 bits per heavy atom. The molecule has 5 heteroatoms. The summed E-state index contributed by atoms with van der Waals surface area (Å²) in [5.41, 5.74) is 0. The van der Waals surface area contributed by atoms with Crippen molar-refractivity contribution in [2.75, 3.05) is 6.54 Å². The van der Waals surface area contributed by atoms with Crippen LogP contribution in [0.15, 0.2) is 0 Å². The van der Waals surface area contributed by atoms with E-state index >= 15 is 0 Å². The molecule has 0 spiro atoms. The van der Waals surface area contributed by atoms with E-state index in [-0.39, 0.29) is 30.5 Å². The van der Waals surface area contributed by atoms with Gasteiger partial charge in [-0.25, -0.2) is 0 Å². The second-order valence-corrected chi connectivity index (χ2v) is 4.97. The first-order chi connectivity index (χ1) is 7.91. The molecule has 1 aliphatic rings. The van der Waals surface area contributed by atoms with E-state index < -0.39 is 5.97 Å². The van der Waals surface area contributed by atoms with Crippen LogP contribution >= 0.6 is 0 Å². The van der Waals surface area contributed by atoms with E-state index in [2.05, 4.69) is 5.32 Å². The SMILES string of the molecule is CC1CCN(C(C)C)C(=O)C(CCC(=O)O)N1. The molecule has 17 heavy (non-hydrogen) atoms. The largest absolute Gasteiger partial charge is 0.481 e. The number of carbonyl (C=O) groups is 2. The van der Waals surface area contributed by atoms with E-state index in [4.69, 9.17) is 5.11 Å². The maximum Gasteiger partial charge on any atom is 0.303 e. The van der Waals surface area contributed by atoms with Crippen LogP contribution in [0, 0.1) is 0 Å². The van der Waals surface area contributed by atoms with Crippen molar-refractivity contribution >= 4 is 11.9 Å². The first-order valence-corrected chi connectivity index (χ1v) is 6.20. The third-order valence-electron chi connectivity index (χ3n) is 3.14. The van der Waals surface area contributed by atoms with Crippen molar-refractivity contribution in [3.8, 4) is 0 Å². The molecule has 0 aromatic heterocycles. The van der Waals surface area contributed by atoms with E-state index in [0.29, 0.717) is 6.42 Å². The van der Waals surface area contributed by atoms with Crippen LogP contribution in [0.1, 0.15) is 40.0 Å². The Hall–Kier alpha value is -1.10. The van der Waals surface area contributed by atoms with Crippen molar-refractivity contribution in [3.63, 3.8) is 0 Å². The van der Waals surface area contributed by atoms with Gasteiger partial charge in [-0.05, 0) is 33.6 Å². The summed E-state index contributed by atoms with van der Waals surface area (Å²) < 4.78 is 0. The lowest BCUT2D eigenvalue weighted by Gasteiger charge is -2.27. The second-order valence-electron chi connectivity index (χ2n) is 4.97. The van der Waals surface area contributed by atoms with Gasteiger partial charge in [-0.3, -0.25) is 9.59 Å². The molecule has 2 unspecified atom stereocenters. The molecule has 0 radical (unpaired) electrons. The minimum absolute atomic E-state index is 0.0298. The summed E-state index contributed by atoms with van der Waals surface area (Å²) >= 11 is 0. The highest BCUT2D eigenvalue weighted by Crippen LogP contribution is 2.13. The third kappa shape index (κ3) is 4.00. The lowest BCUT2D eigenvalue weighted by Crippen LogP contribution is -2.47. The fourth-order valence-corrected chi connectivity index (χ4v) is 2.13. The highest BCUT2D eigenvalue weighted by atomic mass is 16.4. The molecule has 2 N–H and O–H groups in total. The molecular formula is C12H22N2O3. The van der Waals surface area contributed by atoms with Crippen molar-refractivity contribution in [2.24, 2.45) is 0 Å². The van der Waals surface area contributed by atoms with Gasteiger partial charge in [-0.1, -0.05) is 0 Å². The minimum atomic E-state index is -0.854. The van der Waals surface area contributed by atoms with Gasteiger partial charge in [-0.2, -0.15) is 0 Å². The molecular weight excluding hydrogens is 220 g/mol. The number of carbonyl (C=O) groups excluding carboxylic acids is 1. The van der Waals surface area contributed by atoms with E-state index in [1.165, 1.54) is 0 Å². The van der Waals surface area contributed by atoms with Crippen molar-refractivity contribution in [2.45, 2.75) is 58.2 Å². The summed E-state index contributed by atoms with van der Waals surface area (Å²) in [5.74, 6) is -0.821. The zero-order valence-electron chi connectivity index (χ0n) is 10.8. The van der Waals surface area contributed by atoms with Crippen molar-refractivity contribution in [1.29, 1.82) is 0 Å². The number of carboxylic acids is 1. The monoisotopic (exact) mass is 242 g/mol. The van der Waals surface area contributed by atoms with E-state index in [0.717, 1.165) is 13.0 Å². The molecule has 0 aromatic rings. The van der Waals surface area contributed by atoms with E-state index in [1.807, 2.05) is 25.7 Å². The van der Waals surface area contributed by atoms with E-state index in [1.54, 1.807) is 0 Å². The number of rotatable bonds is 4. The highest BCUT2D eigenvalue weighted by Gasteiger charge is 2.30. The molecule has 0 aromatic carbocycles. The lowest BCUT2D eigenvalue weighted by atomic mass is 10.1. The highest BCUT2D eigenvalue weighted by molar-refractivity contribution is 5.83. The van der Waals surface area contributed by atoms with Gasteiger partial charge < -0.3 is 15.3 Å². The quantitative estimate of drug-likeness (QED) is 0.766. The topological polar surface area (TPSA) is 69.6 Å². The predicted octanol–water partition coefficient (Wildman–Crippen LogP) is 0.839. The number of aliphatic carboxylic acids is 1. The van der Waals surface area contributed by atoms with Crippen LogP contribution in [0.4, 0.5) is 0 Å². The molecule has 1 aliphatic heterocycles. The molecule has 1 fully saturated rings. The number of nitrogens with zero attached hydrogens (tertiary/aromatic N) is 1. The van der Waals surface area contributed by atoms with Crippen LogP contribution in [-0.4, -0.2) is 46.6 Å². The molecule has 1 amide bonds. The number of nitrogens with one attached hydrogen (secondary N) is 1. The number of hydrogen-bond acceptors (Lipinski definition) is 3. The smallest absolute Gasteiger partial charge is 0.303 e. The maximum absolute atomic E-state index is 12.2. The summed E-state index contributed by atoms with van der Waals surface area (Å²) in [6, 6.07) is 0.0643. The number of hydrogen-bond donors (Lipinski definition) is 2. The summed E-state index contributed by atoms with van der Waals surface area (Å²) in [6.45, 7) is 6.75. The molecule has 1 rings (SSSR count). The molecule has 0 saturated carbocycles. The molecule has 0 bridgehead atoms. The standard InChI is InChI=1S/C12H22N2O3/c1-8(2)14-7-6-9(3)13-10(12(14)17)4-5-11(15)16/h8-10,13H,4-7H2,1-3H3,(H,15,16). The minimum Gasteiger partial charge on any atom is -0.481 e. The van der Waals surface area contributed by atoms with Gasteiger partial charge in [0.15, 0.2) is 0 Å². The zero-order chi connectivity index (χ0) is 13.0. The van der Waals surface area contributed by atoms with Gasteiger partial charge in [0.25, 0.3) is 0 Å². The average Bonchev–Trinajstić information content (AvgIpc) is 2.36. The fourth-order valence-electron chi connectivity index (χ4n) is 2.13. The predicted molar refractivity (Wildman–Crippen MR) is 64.7 cm³/mol. The van der Waals surface area contributed by atoms with E-state index in [9.17, 15) is 9.59 Å². The summed E-state index contributed by atoms with van der Waals surface area (Å²) in [6.07, 6.45) is 1.30. The van der Waals surface area contributed by atoms with Gasteiger partial charge in [0, 0.05) is 25.0 Å². The van der Waals surface area contributed by atoms with Gasteiger partial charge >= 0.3 is 5.97 Å². The zero-order valence-corrected chi connectivity index (χ0v) is 10.8. The molecule has 5 nitrogen and oxygen atoms in total. The fraction of sp³-hybridized carbons (Fsp3) is 0.833. The number of amides is 1. The van der Waals surface area contributed by atoms with Crippen LogP contribution < -0.4 is 5.32 Å². The molecule has 1 heterocycles. The Bertz CT molecular complexity index is 291. The third-order valence-corrected chi connectivity index (χ3v) is 3.14. The summed E-state index contributed by atoms with van der Waals surface area (Å²) in [7, 11) is 0. The van der Waals surface area contributed by atoms with Crippen molar-refractivity contribution in [1.82, 2.24) is 10.2 Å². The van der Waals surface area contributed by atoms with Gasteiger partial charge in [0.2, 0.25) is 5.91 Å². The Kier molecular flexibility index (Phi) is 4.93. The summed E-state index contributed by atoms with van der Waals surface area (Å²) in [5, 5.41) is 11.9. The van der Waals surface area contributed by atoms with Gasteiger partial charge in [-0.15, -0.1) is 0 Å². The molecule has 0 aliphatic carbocycles. The summed E-state index contributed by atoms with van der Waals surface area (Å²) in [4.78, 5) is 24.6. The number of carboxylic acid groups (broad SMARTS) is 1. The maximum atomic E-state index is 12.2. The second kappa shape index (κ2) is 6.00. The Morgan fingerprint density at radius 2 is 2.24 bits per heavy atom. The van der Waals surface area contributed by atoms with Crippen LogP contribution in [0.3, 0.4) is 0 Å². The van der Waals surface area contributed by atoms with Gasteiger partial charge in [0.05, 0.1) is 6.04 Å². The van der Waals surface area contributed by atoms with Crippen LogP contribution in [0.5, 0.6) is 0 Å². The molecule has 2 atom stereocenters. The van der Waals surface area contributed by atoms with Crippen molar-refractivity contribution < 1.29 is 14.7 Å². The Balaban J connectivity index is 2.70. The normalized spacial score (nSPS) is 26.1. The van der Waals surface area contributed by atoms with Gasteiger partial charge in [0.1, 0.15) is 0 Å². The van der Waals surface area contributed by atoms with Crippen LogP contribution in [0.2, 0.25) is 0 Å². The molecule has 1 saturated heterocycles. The van der Waals surface area contributed by atoms with Crippen LogP contribution in [0.25, 0.3) is 0 Å². The average molecular weight is 242 g/mol. The van der Waals surface area contributed by atoms with Crippen LogP contribution in [-0.2, 0) is 9.59 Å². The molecule has 98 valence electrons. The first-order valence-electron chi connectivity index (χ1n) is 6.20. The van der Waals surface area contributed by atoms with Crippen molar-refractivity contribution in [3.05, 3.63) is 0 Å². The Morgan fingerprint density at radius 1 is 1.59 bits per heavy atom. The Labute approximate surface area is 102 Å². The lowest BCUT2D eigenvalue weighted by molar-refractivity contribution is -0.138. The first kappa shape index (κ1) is 14.0.